The van der Waals surface area contributed by atoms with Crippen molar-refractivity contribution in [2.24, 2.45) is 4.99 Å². The molecule has 2 aromatic rings. The van der Waals surface area contributed by atoms with Gasteiger partial charge in [0.25, 0.3) is 0 Å². The number of aromatic nitrogens is 2. The van der Waals surface area contributed by atoms with Crippen LogP contribution < -0.4 is 20.1 Å². The van der Waals surface area contributed by atoms with Gasteiger partial charge in [0.1, 0.15) is 0 Å². The molecule has 0 radical (unpaired) electrons. The molecule has 0 aliphatic carbocycles. The molecule has 0 fully saturated rings. The summed E-state index contributed by atoms with van der Waals surface area (Å²) in [5.41, 5.74) is 2.02. The molecule has 0 saturated heterocycles. The van der Waals surface area contributed by atoms with Crippen LogP contribution in [0.2, 0.25) is 0 Å². The molecule has 0 aliphatic rings. The van der Waals surface area contributed by atoms with Crippen molar-refractivity contribution in [1.82, 2.24) is 15.1 Å². The van der Waals surface area contributed by atoms with Gasteiger partial charge in [-0.15, -0.1) is 24.0 Å². The maximum Gasteiger partial charge on any atom is 0.195 e. The van der Waals surface area contributed by atoms with Gasteiger partial charge in [-0.25, -0.2) is 0 Å². The summed E-state index contributed by atoms with van der Waals surface area (Å²) in [5.74, 6) is 2.08. The molecule has 8 heteroatoms. The van der Waals surface area contributed by atoms with Crippen LogP contribution >= 0.6 is 24.0 Å². The zero-order chi connectivity index (χ0) is 17.4. The number of methoxy groups -OCH3 is 2. The normalized spacial score (nSPS) is 10.8. The average Bonchev–Trinajstić information content (AvgIpc) is 3.00. The van der Waals surface area contributed by atoms with E-state index in [4.69, 9.17) is 9.47 Å². The van der Waals surface area contributed by atoms with Crippen molar-refractivity contribution < 1.29 is 9.47 Å². The van der Waals surface area contributed by atoms with Gasteiger partial charge in [-0.1, -0.05) is 0 Å². The number of halogens is 1. The molecule has 1 heterocycles. The van der Waals surface area contributed by atoms with E-state index < -0.39 is 0 Å². The number of anilines is 1. The highest BCUT2D eigenvalue weighted by Gasteiger charge is 2.06. The van der Waals surface area contributed by atoms with Crippen molar-refractivity contribution in [3.05, 3.63) is 36.2 Å². The minimum Gasteiger partial charge on any atom is -0.493 e. The highest BCUT2D eigenvalue weighted by atomic mass is 127. The van der Waals surface area contributed by atoms with Gasteiger partial charge in [-0.2, -0.15) is 5.10 Å². The van der Waals surface area contributed by atoms with Crippen LogP contribution in [0.25, 0.3) is 0 Å². The van der Waals surface area contributed by atoms with E-state index in [9.17, 15) is 0 Å². The molecule has 1 aromatic heterocycles. The number of ether oxygens (including phenoxy) is 2. The van der Waals surface area contributed by atoms with E-state index in [0.717, 1.165) is 24.3 Å². The molecular formula is C17H26IN5O2. The predicted molar refractivity (Wildman–Crippen MR) is 112 cm³/mol. The number of nitrogens with zero attached hydrogens (tertiary/aromatic N) is 3. The maximum absolute atomic E-state index is 5.32. The number of aliphatic imine (C=N–C) groups is 1. The van der Waals surface area contributed by atoms with Crippen LogP contribution in [0.4, 0.5) is 5.69 Å². The van der Waals surface area contributed by atoms with Gasteiger partial charge in [0.05, 0.1) is 33.5 Å². The van der Waals surface area contributed by atoms with Crippen LogP contribution in [-0.4, -0.2) is 43.0 Å². The molecule has 0 atom stereocenters. The summed E-state index contributed by atoms with van der Waals surface area (Å²) in [7, 11) is 3.24. The SMILES string of the molecule is CCNC(=NCCn1cc(C)cn1)Nc1ccc(OC)c(OC)c1.I. The Bertz CT molecular complexity index is 687. The molecule has 0 unspecified atom stereocenters. The first-order valence-electron chi connectivity index (χ1n) is 7.92. The lowest BCUT2D eigenvalue weighted by Gasteiger charge is -2.13. The summed E-state index contributed by atoms with van der Waals surface area (Å²) in [6.07, 6.45) is 3.85. The Labute approximate surface area is 165 Å². The van der Waals surface area contributed by atoms with Gasteiger partial charge < -0.3 is 20.1 Å². The first-order chi connectivity index (χ1) is 11.7. The van der Waals surface area contributed by atoms with E-state index >= 15 is 0 Å². The summed E-state index contributed by atoms with van der Waals surface area (Å²) in [4.78, 5) is 4.57. The summed E-state index contributed by atoms with van der Waals surface area (Å²) in [6.45, 7) is 6.19. The van der Waals surface area contributed by atoms with E-state index in [1.807, 2.05) is 49.1 Å². The topological polar surface area (TPSA) is 72.7 Å². The second-order valence-corrected chi connectivity index (χ2v) is 5.24. The molecule has 2 N–H and O–H groups in total. The fourth-order valence-corrected chi connectivity index (χ4v) is 2.21. The monoisotopic (exact) mass is 459 g/mol. The van der Waals surface area contributed by atoms with Gasteiger partial charge in [0.2, 0.25) is 0 Å². The van der Waals surface area contributed by atoms with Crippen molar-refractivity contribution in [3.8, 4) is 11.5 Å². The Morgan fingerprint density at radius 2 is 2.00 bits per heavy atom. The Morgan fingerprint density at radius 1 is 1.24 bits per heavy atom. The fraction of sp³-hybridized carbons (Fsp3) is 0.412. The Hall–Kier alpha value is -1.97. The van der Waals surface area contributed by atoms with Gasteiger partial charge in [0.15, 0.2) is 17.5 Å². The number of rotatable bonds is 7. The lowest BCUT2D eigenvalue weighted by atomic mass is 10.3. The quantitative estimate of drug-likeness (QED) is 0.379. The van der Waals surface area contributed by atoms with Crippen molar-refractivity contribution in [2.45, 2.75) is 20.4 Å². The Balaban J connectivity index is 0.00000312. The molecule has 0 saturated carbocycles. The fourth-order valence-electron chi connectivity index (χ4n) is 2.21. The number of guanidine groups is 1. The summed E-state index contributed by atoms with van der Waals surface area (Å²) < 4.78 is 12.5. The summed E-state index contributed by atoms with van der Waals surface area (Å²) in [5, 5.41) is 10.8. The zero-order valence-electron chi connectivity index (χ0n) is 15.1. The number of nitrogens with one attached hydrogen (secondary N) is 2. The molecule has 7 nitrogen and oxygen atoms in total. The van der Waals surface area contributed by atoms with Crippen LogP contribution in [0.1, 0.15) is 12.5 Å². The molecule has 25 heavy (non-hydrogen) atoms. The minimum absolute atomic E-state index is 0. The first kappa shape index (κ1) is 21.1. The van der Waals surface area contributed by atoms with E-state index in [2.05, 4.69) is 20.7 Å². The van der Waals surface area contributed by atoms with Crippen molar-refractivity contribution in [3.63, 3.8) is 0 Å². The van der Waals surface area contributed by atoms with Crippen LogP contribution in [0, 0.1) is 6.92 Å². The van der Waals surface area contributed by atoms with Crippen molar-refractivity contribution in [2.75, 3.05) is 32.6 Å². The van der Waals surface area contributed by atoms with E-state index in [0.29, 0.717) is 24.0 Å². The molecule has 0 spiro atoms. The van der Waals surface area contributed by atoms with Crippen molar-refractivity contribution >= 4 is 35.6 Å². The lowest BCUT2D eigenvalue weighted by molar-refractivity contribution is 0.355. The van der Waals surface area contributed by atoms with Crippen molar-refractivity contribution in [1.29, 1.82) is 0 Å². The van der Waals surface area contributed by atoms with Crippen LogP contribution in [0.5, 0.6) is 11.5 Å². The molecule has 0 bridgehead atoms. The van der Waals surface area contributed by atoms with E-state index in [1.54, 1.807) is 14.2 Å². The largest absolute Gasteiger partial charge is 0.493 e. The van der Waals surface area contributed by atoms with Gasteiger partial charge >= 0.3 is 0 Å². The van der Waals surface area contributed by atoms with E-state index in [1.165, 1.54) is 0 Å². The second kappa shape index (κ2) is 10.8. The van der Waals surface area contributed by atoms with Gasteiger partial charge in [0, 0.05) is 24.5 Å². The smallest absolute Gasteiger partial charge is 0.195 e. The highest BCUT2D eigenvalue weighted by molar-refractivity contribution is 14.0. The second-order valence-electron chi connectivity index (χ2n) is 5.24. The van der Waals surface area contributed by atoms with E-state index in [-0.39, 0.29) is 24.0 Å². The summed E-state index contributed by atoms with van der Waals surface area (Å²) >= 11 is 0. The third kappa shape index (κ3) is 6.45. The van der Waals surface area contributed by atoms with Crippen LogP contribution in [0.15, 0.2) is 35.6 Å². The molecule has 138 valence electrons. The molecule has 0 aliphatic heterocycles. The first-order valence-corrected chi connectivity index (χ1v) is 7.92. The number of hydrogen-bond acceptors (Lipinski definition) is 4. The molecule has 0 amide bonds. The van der Waals surface area contributed by atoms with Crippen LogP contribution in [-0.2, 0) is 6.54 Å². The Kier molecular flexibility index (Phi) is 9.11. The number of aryl methyl sites for hydroxylation is 1. The van der Waals surface area contributed by atoms with Gasteiger partial charge in [-0.3, -0.25) is 9.67 Å². The lowest BCUT2D eigenvalue weighted by Crippen LogP contribution is -2.31. The number of hydrogen-bond donors (Lipinski definition) is 2. The number of benzene rings is 1. The summed E-state index contributed by atoms with van der Waals surface area (Å²) in [6, 6.07) is 5.66. The minimum atomic E-state index is 0. The molecular weight excluding hydrogens is 433 g/mol. The predicted octanol–water partition coefficient (Wildman–Crippen LogP) is 2.90. The Morgan fingerprint density at radius 3 is 2.60 bits per heavy atom. The third-order valence-electron chi connectivity index (χ3n) is 3.35. The molecule has 1 aromatic carbocycles. The maximum atomic E-state index is 5.32. The van der Waals surface area contributed by atoms with Gasteiger partial charge in [-0.05, 0) is 31.5 Å². The third-order valence-corrected chi connectivity index (χ3v) is 3.35. The highest BCUT2D eigenvalue weighted by Crippen LogP contribution is 2.29. The average molecular weight is 459 g/mol. The van der Waals surface area contributed by atoms with Crippen LogP contribution in [0.3, 0.4) is 0 Å². The standard InChI is InChI=1S/C17H25N5O2.HI/c1-5-18-17(19-8-9-22-12-13(2)11-20-22)21-14-6-7-15(23-3)16(10-14)24-4;/h6-7,10-12H,5,8-9H2,1-4H3,(H2,18,19,21);1H. The zero-order valence-corrected chi connectivity index (χ0v) is 17.4. The molecule has 2 rings (SSSR count).